The molecule has 0 bridgehead atoms. The molecule has 0 spiro atoms. The summed E-state index contributed by atoms with van der Waals surface area (Å²) in [6, 6.07) is 0.529. The quantitative estimate of drug-likeness (QED) is 0.589. The lowest BCUT2D eigenvalue weighted by Crippen LogP contribution is -2.38. The van der Waals surface area contributed by atoms with Gasteiger partial charge in [0.05, 0.1) is 6.61 Å². The number of hydrogen-bond acceptors (Lipinski definition) is 2. The Hall–Kier alpha value is -0.0800. The highest BCUT2D eigenvalue weighted by atomic mass is 16.5. The van der Waals surface area contributed by atoms with Gasteiger partial charge in [0.2, 0.25) is 0 Å². The summed E-state index contributed by atoms with van der Waals surface area (Å²) in [5.74, 6) is 0.705. The van der Waals surface area contributed by atoms with Crippen LogP contribution in [0, 0.1) is 5.92 Å². The zero-order chi connectivity index (χ0) is 10.1. The lowest BCUT2D eigenvalue weighted by atomic mass is 10.00. The third kappa shape index (κ3) is 6.05. The first kappa shape index (κ1) is 12.9. The van der Waals surface area contributed by atoms with Crippen LogP contribution in [-0.4, -0.2) is 25.8 Å². The molecule has 13 heavy (non-hydrogen) atoms. The summed E-state index contributed by atoms with van der Waals surface area (Å²) in [4.78, 5) is 0. The van der Waals surface area contributed by atoms with Gasteiger partial charge >= 0.3 is 0 Å². The van der Waals surface area contributed by atoms with Crippen LogP contribution in [0.3, 0.4) is 0 Å². The fourth-order valence-corrected chi connectivity index (χ4v) is 1.33. The number of hydrogen-bond donors (Lipinski definition) is 1. The van der Waals surface area contributed by atoms with Crippen molar-refractivity contribution in [2.24, 2.45) is 5.92 Å². The molecule has 0 saturated heterocycles. The van der Waals surface area contributed by atoms with Crippen LogP contribution in [0.2, 0.25) is 0 Å². The molecule has 0 heterocycles. The zero-order valence-corrected chi connectivity index (χ0v) is 9.60. The van der Waals surface area contributed by atoms with Gasteiger partial charge in [-0.15, -0.1) is 0 Å². The molecule has 0 aromatic rings. The number of ether oxygens (including phenoxy) is 1. The first-order chi connectivity index (χ1) is 6.26. The van der Waals surface area contributed by atoms with Crippen LogP contribution in [-0.2, 0) is 4.74 Å². The summed E-state index contributed by atoms with van der Waals surface area (Å²) in [6.07, 6.45) is 2.33. The normalized spacial score (nSPS) is 15.7. The average Bonchev–Trinajstić information content (AvgIpc) is 2.16. The van der Waals surface area contributed by atoms with Gasteiger partial charge in [-0.05, 0) is 18.9 Å². The van der Waals surface area contributed by atoms with Gasteiger partial charge in [-0.25, -0.2) is 0 Å². The topological polar surface area (TPSA) is 21.3 Å². The molecule has 0 aromatic heterocycles. The summed E-state index contributed by atoms with van der Waals surface area (Å²) < 4.78 is 5.56. The molecule has 2 atom stereocenters. The third-order valence-corrected chi connectivity index (χ3v) is 2.44. The molecule has 0 aliphatic heterocycles. The number of likely N-dealkylation sites (N-methyl/N-ethyl adjacent to an activating group) is 1. The van der Waals surface area contributed by atoms with E-state index in [4.69, 9.17) is 4.74 Å². The van der Waals surface area contributed by atoms with E-state index in [-0.39, 0.29) is 0 Å². The minimum absolute atomic E-state index is 0.529. The molecule has 0 saturated carbocycles. The highest BCUT2D eigenvalue weighted by Crippen LogP contribution is 2.07. The van der Waals surface area contributed by atoms with Crippen LogP contribution in [0.1, 0.15) is 40.5 Å². The summed E-state index contributed by atoms with van der Waals surface area (Å²) in [6.45, 7) is 11.6. The fraction of sp³-hybridized carbons (Fsp3) is 1.00. The predicted molar refractivity (Wildman–Crippen MR) is 58.0 cm³/mol. The minimum atomic E-state index is 0.529. The molecule has 0 amide bonds. The maximum absolute atomic E-state index is 5.56. The van der Waals surface area contributed by atoms with Crippen LogP contribution in [0.4, 0.5) is 0 Å². The van der Waals surface area contributed by atoms with Crippen molar-refractivity contribution in [2.75, 3.05) is 19.8 Å². The van der Waals surface area contributed by atoms with Crippen molar-refractivity contribution in [3.63, 3.8) is 0 Å². The third-order valence-electron chi connectivity index (χ3n) is 2.44. The van der Waals surface area contributed by atoms with Crippen molar-refractivity contribution in [2.45, 2.75) is 46.6 Å². The Morgan fingerprint density at radius 1 is 1.23 bits per heavy atom. The molecular formula is C11H25NO. The second-order valence-electron chi connectivity index (χ2n) is 3.62. The monoisotopic (exact) mass is 187 g/mol. The standard InChI is InChI=1S/C11H25NO/c1-5-8-13-9-11(12-7-3)10(4)6-2/h10-12H,5-9H2,1-4H3. The molecule has 80 valence electrons. The lowest BCUT2D eigenvalue weighted by molar-refractivity contribution is 0.0957. The molecule has 0 radical (unpaired) electrons. The van der Waals surface area contributed by atoms with Gasteiger partial charge in [-0.2, -0.15) is 0 Å². The molecule has 0 aromatic carbocycles. The smallest absolute Gasteiger partial charge is 0.0622 e. The molecule has 0 rings (SSSR count). The van der Waals surface area contributed by atoms with Gasteiger partial charge in [0.25, 0.3) is 0 Å². The average molecular weight is 187 g/mol. The second-order valence-corrected chi connectivity index (χ2v) is 3.62. The van der Waals surface area contributed by atoms with Crippen LogP contribution in [0.25, 0.3) is 0 Å². The van der Waals surface area contributed by atoms with Gasteiger partial charge in [0.15, 0.2) is 0 Å². The van der Waals surface area contributed by atoms with E-state index in [9.17, 15) is 0 Å². The van der Waals surface area contributed by atoms with E-state index < -0.39 is 0 Å². The maximum Gasteiger partial charge on any atom is 0.0622 e. The molecular weight excluding hydrogens is 162 g/mol. The summed E-state index contributed by atoms with van der Waals surface area (Å²) >= 11 is 0. The molecule has 1 N–H and O–H groups in total. The Labute approximate surface area is 83.1 Å². The largest absolute Gasteiger partial charge is 0.380 e. The van der Waals surface area contributed by atoms with Crippen molar-refractivity contribution >= 4 is 0 Å². The van der Waals surface area contributed by atoms with Gasteiger partial charge in [0.1, 0.15) is 0 Å². The maximum atomic E-state index is 5.56. The Bertz CT molecular complexity index is 106. The Morgan fingerprint density at radius 2 is 1.92 bits per heavy atom. The predicted octanol–water partition coefficient (Wildman–Crippen LogP) is 2.44. The zero-order valence-electron chi connectivity index (χ0n) is 9.60. The number of rotatable bonds is 8. The Balaban J connectivity index is 3.65. The van der Waals surface area contributed by atoms with Gasteiger partial charge in [0, 0.05) is 12.6 Å². The van der Waals surface area contributed by atoms with Gasteiger partial charge in [-0.1, -0.05) is 34.1 Å². The van der Waals surface area contributed by atoms with Crippen molar-refractivity contribution in [3.05, 3.63) is 0 Å². The van der Waals surface area contributed by atoms with Gasteiger partial charge < -0.3 is 10.1 Å². The summed E-state index contributed by atoms with van der Waals surface area (Å²) in [5, 5.41) is 3.47. The summed E-state index contributed by atoms with van der Waals surface area (Å²) in [5.41, 5.74) is 0. The van der Waals surface area contributed by atoms with E-state index >= 15 is 0 Å². The van der Waals surface area contributed by atoms with E-state index in [2.05, 4.69) is 33.0 Å². The molecule has 0 aliphatic carbocycles. The molecule has 2 unspecified atom stereocenters. The van der Waals surface area contributed by atoms with E-state index in [1.165, 1.54) is 6.42 Å². The Morgan fingerprint density at radius 3 is 2.38 bits per heavy atom. The van der Waals surface area contributed by atoms with Crippen LogP contribution >= 0.6 is 0 Å². The second kappa shape index (κ2) is 8.52. The summed E-state index contributed by atoms with van der Waals surface area (Å²) in [7, 11) is 0. The van der Waals surface area contributed by atoms with Crippen LogP contribution in [0.5, 0.6) is 0 Å². The first-order valence-corrected chi connectivity index (χ1v) is 5.57. The van der Waals surface area contributed by atoms with E-state index in [1.54, 1.807) is 0 Å². The number of nitrogens with one attached hydrogen (secondary N) is 1. The van der Waals surface area contributed by atoms with Crippen LogP contribution in [0.15, 0.2) is 0 Å². The van der Waals surface area contributed by atoms with E-state index in [0.29, 0.717) is 12.0 Å². The molecule has 2 heteroatoms. The van der Waals surface area contributed by atoms with Crippen molar-refractivity contribution in [1.82, 2.24) is 5.32 Å². The molecule has 0 aliphatic rings. The highest BCUT2D eigenvalue weighted by Gasteiger charge is 2.13. The lowest BCUT2D eigenvalue weighted by Gasteiger charge is -2.23. The minimum Gasteiger partial charge on any atom is -0.380 e. The van der Waals surface area contributed by atoms with E-state index in [1.807, 2.05) is 0 Å². The fourth-order valence-electron chi connectivity index (χ4n) is 1.33. The van der Waals surface area contributed by atoms with Crippen molar-refractivity contribution in [1.29, 1.82) is 0 Å². The van der Waals surface area contributed by atoms with Crippen molar-refractivity contribution < 1.29 is 4.74 Å². The van der Waals surface area contributed by atoms with Crippen molar-refractivity contribution in [3.8, 4) is 0 Å². The van der Waals surface area contributed by atoms with Crippen LogP contribution < -0.4 is 5.32 Å². The SMILES string of the molecule is CCCOCC(NCC)C(C)CC. The van der Waals surface area contributed by atoms with Gasteiger partial charge in [-0.3, -0.25) is 0 Å². The molecule has 2 nitrogen and oxygen atoms in total. The van der Waals surface area contributed by atoms with E-state index in [0.717, 1.165) is 26.2 Å². The first-order valence-electron chi connectivity index (χ1n) is 5.57. The Kier molecular flexibility index (Phi) is 8.46. The highest BCUT2D eigenvalue weighted by molar-refractivity contribution is 4.71. The molecule has 0 fully saturated rings.